The van der Waals surface area contributed by atoms with Gasteiger partial charge >= 0.3 is 0 Å². The summed E-state index contributed by atoms with van der Waals surface area (Å²) >= 11 is 7.22. The molecule has 0 aliphatic rings. The van der Waals surface area contributed by atoms with Crippen LogP contribution in [0.15, 0.2) is 0 Å². The Balaban J connectivity index is 3.68. The van der Waals surface area contributed by atoms with E-state index >= 15 is 0 Å². The first-order chi connectivity index (χ1) is 5.45. The van der Waals surface area contributed by atoms with Gasteiger partial charge in [0.05, 0.1) is 0 Å². The molecule has 0 atom stereocenters. The van der Waals surface area contributed by atoms with Crippen molar-refractivity contribution in [3.8, 4) is 0 Å². The Morgan fingerprint density at radius 2 is 1.25 bits per heavy atom. The standard InChI is InChI=1S/C6H12N2O2S2/c1-7(5(9)11)3-4-8(2)6(10)12/h3-4H2,1-2H3,(H,9,11)(H,10,12). The number of rotatable bonds is 3. The van der Waals surface area contributed by atoms with Crippen molar-refractivity contribution < 1.29 is 9.59 Å². The third-order valence-corrected chi connectivity index (χ3v) is 2.11. The molecule has 0 aromatic carbocycles. The van der Waals surface area contributed by atoms with Gasteiger partial charge in [-0.2, -0.15) is 0 Å². The number of amides is 2. The molecule has 0 spiro atoms. The molecule has 0 aliphatic carbocycles. The van der Waals surface area contributed by atoms with Crippen molar-refractivity contribution in [1.82, 2.24) is 9.80 Å². The lowest BCUT2D eigenvalue weighted by Gasteiger charge is -2.18. The van der Waals surface area contributed by atoms with E-state index in [-0.39, 0.29) is 10.5 Å². The maximum absolute atomic E-state index is 10.6. The van der Waals surface area contributed by atoms with Gasteiger partial charge in [-0.3, -0.25) is 9.59 Å². The molecule has 0 saturated carbocycles. The average Bonchev–Trinajstić information content (AvgIpc) is 1.98. The number of hydrogen-bond acceptors (Lipinski definition) is 2. The Kier molecular flexibility index (Phi) is 5.16. The van der Waals surface area contributed by atoms with Gasteiger partial charge in [0.1, 0.15) is 0 Å². The van der Waals surface area contributed by atoms with Gasteiger partial charge in [-0.05, 0) is 0 Å². The van der Waals surface area contributed by atoms with E-state index in [0.29, 0.717) is 13.1 Å². The SMILES string of the molecule is CN(CCN(C)C(=O)S)C(=O)S. The van der Waals surface area contributed by atoms with Crippen LogP contribution in [0, 0.1) is 0 Å². The van der Waals surface area contributed by atoms with E-state index in [4.69, 9.17) is 0 Å². The highest BCUT2D eigenvalue weighted by Gasteiger charge is 2.06. The second-order valence-electron chi connectivity index (χ2n) is 2.41. The number of likely N-dealkylation sites (N-methyl/N-ethyl adjacent to an activating group) is 2. The molecule has 6 heteroatoms. The lowest BCUT2D eigenvalue weighted by Crippen LogP contribution is -2.33. The summed E-state index contributed by atoms with van der Waals surface area (Å²) in [6.45, 7) is 0.927. The lowest BCUT2D eigenvalue weighted by molar-refractivity contribution is 0.217. The highest BCUT2D eigenvalue weighted by Crippen LogP contribution is 1.95. The Bertz CT molecular complexity index is 166. The summed E-state index contributed by atoms with van der Waals surface area (Å²) in [7, 11) is 3.23. The average molecular weight is 208 g/mol. The zero-order valence-corrected chi connectivity index (χ0v) is 8.81. The van der Waals surface area contributed by atoms with Crippen LogP contribution in [0.2, 0.25) is 0 Å². The summed E-state index contributed by atoms with van der Waals surface area (Å²) in [6, 6.07) is 0. The van der Waals surface area contributed by atoms with Gasteiger partial charge in [0.25, 0.3) is 10.5 Å². The molecule has 0 rings (SSSR count). The van der Waals surface area contributed by atoms with Crippen LogP contribution in [0.4, 0.5) is 9.59 Å². The molecule has 4 nitrogen and oxygen atoms in total. The number of carbonyl (C=O) groups is 2. The fourth-order valence-corrected chi connectivity index (χ4v) is 0.691. The van der Waals surface area contributed by atoms with Crippen molar-refractivity contribution >= 4 is 35.7 Å². The molecule has 2 amide bonds. The molecule has 12 heavy (non-hydrogen) atoms. The van der Waals surface area contributed by atoms with E-state index in [1.807, 2.05) is 0 Å². The van der Waals surface area contributed by atoms with Crippen molar-refractivity contribution in [1.29, 1.82) is 0 Å². The third kappa shape index (κ3) is 4.50. The number of carbonyl (C=O) groups excluding carboxylic acids is 2. The topological polar surface area (TPSA) is 40.6 Å². The molecule has 0 aliphatic heterocycles. The van der Waals surface area contributed by atoms with E-state index in [1.165, 1.54) is 9.80 Å². The summed E-state index contributed by atoms with van der Waals surface area (Å²) in [5.41, 5.74) is 0. The van der Waals surface area contributed by atoms with Crippen LogP contribution in [-0.2, 0) is 0 Å². The monoisotopic (exact) mass is 208 g/mol. The van der Waals surface area contributed by atoms with Crippen LogP contribution in [-0.4, -0.2) is 47.5 Å². The molecule has 0 fully saturated rings. The molecule has 0 unspecified atom stereocenters. The minimum absolute atomic E-state index is 0.310. The molecular weight excluding hydrogens is 196 g/mol. The van der Waals surface area contributed by atoms with Gasteiger partial charge in [0.15, 0.2) is 0 Å². The highest BCUT2D eigenvalue weighted by molar-refractivity contribution is 7.96. The Labute approximate surface area is 82.7 Å². The lowest BCUT2D eigenvalue weighted by atomic mass is 10.5. The van der Waals surface area contributed by atoms with E-state index in [9.17, 15) is 9.59 Å². The molecule has 0 aromatic heterocycles. The minimum Gasteiger partial charge on any atom is -0.335 e. The van der Waals surface area contributed by atoms with Gasteiger partial charge in [0, 0.05) is 27.2 Å². The molecule has 0 aromatic rings. The zero-order valence-electron chi connectivity index (χ0n) is 7.02. The molecule has 0 bridgehead atoms. The molecule has 0 heterocycles. The second-order valence-corrected chi connectivity index (χ2v) is 3.17. The van der Waals surface area contributed by atoms with Crippen LogP contribution < -0.4 is 0 Å². The number of hydrogen-bond donors (Lipinski definition) is 2. The van der Waals surface area contributed by atoms with Gasteiger partial charge in [0.2, 0.25) is 0 Å². The van der Waals surface area contributed by atoms with Gasteiger partial charge in [-0.15, -0.1) is 0 Å². The number of thiol groups is 2. The summed E-state index contributed by atoms with van der Waals surface area (Å²) in [4.78, 5) is 24.0. The number of nitrogens with zero attached hydrogens (tertiary/aromatic N) is 2. The van der Waals surface area contributed by atoms with Crippen molar-refractivity contribution in [2.75, 3.05) is 27.2 Å². The van der Waals surface area contributed by atoms with Crippen LogP contribution >= 0.6 is 25.3 Å². The molecule has 70 valence electrons. The van der Waals surface area contributed by atoms with Gasteiger partial charge in [-0.25, -0.2) is 0 Å². The minimum atomic E-state index is -0.310. The second kappa shape index (κ2) is 5.31. The Morgan fingerprint density at radius 3 is 1.42 bits per heavy atom. The Hall–Kier alpha value is -0.360. The highest BCUT2D eigenvalue weighted by atomic mass is 32.1. The predicted octanol–water partition coefficient (Wildman–Crippen LogP) is 0.950. The summed E-state index contributed by atoms with van der Waals surface area (Å²) in [5, 5.41) is -0.620. The summed E-state index contributed by atoms with van der Waals surface area (Å²) in [6.07, 6.45) is 0. The predicted molar refractivity (Wildman–Crippen MR) is 54.0 cm³/mol. The van der Waals surface area contributed by atoms with Crippen molar-refractivity contribution in [2.45, 2.75) is 0 Å². The molecule has 0 N–H and O–H groups in total. The van der Waals surface area contributed by atoms with Crippen LogP contribution in [0.1, 0.15) is 0 Å². The van der Waals surface area contributed by atoms with E-state index < -0.39 is 0 Å². The summed E-state index contributed by atoms with van der Waals surface area (Å²) in [5.74, 6) is 0. The van der Waals surface area contributed by atoms with E-state index in [0.717, 1.165) is 0 Å². The summed E-state index contributed by atoms with van der Waals surface area (Å²) < 4.78 is 0. The Morgan fingerprint density at radius 1 is 1.00 bits per heavy atom. The van der Waals surface area contributed by atoms with Crippen molar-refractivity contribution in [3.63, 3.8) is 0 Å². The van der Waals surface area contributed by atoms with Gasteiger partial charge in [-0.1, -0.05) is 25.3 Å². The molecular formula is C6H12N2O2S2. The zero-order chi connectivity index (χ0) is 9.72. The van der Waals surface area contributed by atoms with Crippen LogP contribution in [0.5, 0.6) is 0 Å². The smallest absolute Gasteiger partial charge is 0.278 e. The van der Waals surface area contributed by atoms with Crippen LogP contribution in [0.3, 0.4) is 0 Å². The first-order valence-corrected chi connectivity index (χ1v) is 4.22. The first-order valence-electron chi connectivity index (χ1n) is 3.33. The largest absolute Gasteiger partial charge is 0.335 e. The van der Waals surface area contributed by atoms with Crippen LogP contribution in [0.25, 0.3) is 0 Å². The van der Waals surface area contributed by atoms with E-state index in [1.54, 1.807) is 14.1 Å². The van der Waals surface area contributed by atoms with Gasteiger partial charge < -0.3 is 9.80 Å². The normalized spacial score (nSPS) is 9.33. The maximum Gasteiger partial charge on any atom is 0.278 e. The quantitative estimate of drug-likeness (QED) is 0.678. The maximum atomic E-state index is 10.6. The fraction of sp³-hybridized carbons (Fsp3) is 0.667. The van der Waals surface area contributed by atoms with Crippen molar-refractivity contribution in [3.05, 3.63) is 0 Å². The fourth-order valence-electron chi connectivity index (χ4n) is 0.491. The molecule has 0 saturated heterocycles. The van der Waals surface area contributed by atoms with E-state index in [2.05, 4.69) is 25.3 Å². The third-order valence-electron chi connectivity index (χ3n) is 1.42. The van der Waals surface area contributed by atoms with Crippen molar-refractivity contribution in [2.24, 2.45) is 0 Å². The molecule has 0 radical (unpaired) electrons. The first kappa shape index (κ1) is 11.6.